The average Bonchev–Trinajstić information content (AvgIpc) is 2.48. The van der Waals surface area contributed by atoms with Gasteiger partial charge >= 0.3 is 0 Å². The highest BCUT2D eigenvalue weighted by atomic mass is 19.1. The molecule has 108 valence electrons. The van der Waals surface area contributed by atoms with Gasteiger partial charge in [0.15, 0.2) is 5.78 Å². The van der Waals surface area contributed by atoms with E-state index in [-0.39, 0.29) is 11.6 Å². The maximum atomic E-state index is 13.0. The zero-order chi connectivity index (χ0) is 14.6. The number of carbonyl (C=O) groups is 1. The maximum Gasteiger partial charge on any atom is 0.183 e. The Balaban J connectivity index is 2.28. The summed E-state index contributed by atoms with van der Waals surface area (Å²) in [6.07, 6.45) is 2.32. The molecule has 0 radical (unpaired) electrons. The molecule has 1 saturated heterocycles. The van der Waals surface area contributed by atoms with Crippen LogP contribution in [0.5, 0.6) is 0 Å². The number of morpholine rings is 1. The van der Waals surface area contributed by atoms with E-state index in [4.69, 9.17) is 4.74 Å². The zero-order valence-corrected chi connectivity index (χ0v) is 11.8. The van der Waals surface area contributed by atoms with Crippen molar-refractivity contribution < 1.29 is 13.9 Å². The Morgan fingerprint density at radius 1 is 1.40 bits per heavy atom. The summed E-state index contributed by atoms with van der Waals surface area (Å²) in [5.74, 6) is -0.336. The second kappa shape index (κ2) is 6.29. The van der Waals surface area contributed by atoms with Gasteiger partial charge in [-0.15, -0.1) is 6.58 Å². The molecule has 0 aliphatic carbocycles. The minimum atomic E-state index is -0.649. The number of hydrogen-bond donors (Lipinski definition) is 0. The topological polar surface area (TPSA) is 29.5 Å². The van der Waals surface area contributed by atoms with Crippen LogP contribution in [0.3, 0.4) is 0 Å². The lowest BCUT2D eigenvalue weighted by Gasteiger charge is -2.41. The van der Waals surface area contributed by atoms with Gasteiger partial charge in [0.05, 0.1) is 18.8 Å². The summed E-state index contributed by atoms with van der Waals surface area (Å²) in [4.78, 5) is 14.9. The van der Waals surface area contributed by atoms with E-state index >= 15 is 0 Å². The fraction of sp³-hybridized carbons (Fsp3) is 0.438. The molecule has 3 nitrogen and oxygen atoms in total. The van der Waals surface area contributed by atoms with Crippen LogP contribution in [0.2, 0.25) is 0 Å². The molecule has 1 aromatic carbocycles. The van der Waals surface area contributed by atoms with Gasteiger partial charge in [-0.3, -0.25) is 9.69 Å². The minimum Gasteiger partial charge on any atom is -0.379 e. The number of hydrogen-bond acceptors (Lipinski definition) is 3. The average molecular weight is 277 g/mol. The van der Waals surface area contributed by atoms with Gasteiger partial charge in [0.25, 0.3) is 0 Å². The number of rotatable bonds is 5. The van der Waals surface area contributed by atoms with Crippen molar-refractivity contribution in [3.63, 3.8) is 0 Å². The van der Waals surface area contributed by atoms with Crippen LogP contribution >= 0.6 is 0 Å². The van der Waals surface area contributed by atoms with Crippen molar-refractivity contribution >= 4 is 5.78 Å². The van der Waals surface area contributed by atoms with E-state index in [1.807, 2.05) is 6.92 Å². The highest BCUT2D eigenvalue weighted by Crippen LogP contribution is 2.26. The normalized spacial score (nSPS) is 19.3. The lowest BCUT2D eigenvalue weighted by Crippen LogP contribution is -2.56. The molecule has 4 heteroatoms. The number of halogens is 1. The molecule has 1 aliphatic rings. The van der Waals surface area contributed by atoms with E-state index < -0.39 is 5.54 Å². The molecule has 1 fully saturated rings. The molecule has 0 N–H and O–H groups in total. The van der Waals surface area contributed by atoms with Gasteiger partial charge in [-0.05, 0) is 37.6 Å². The van der Waals surface area contributed by atoms with Crippen LogP contribution in [0, 0.1) is 5.82 Å². The Hall–Kier alpha value is -1.52. The fourth-order valence-corrected chi connectivity index (χ4v) is 2.62. The van der Waals surface area contributed by atoms with Crippen molar-refractivity contribution in [1.82, 2.24) is 4.90 Å². The van der Waals surface area contributed by atoms with Crippen LogP contribution in [-0.2, 0) is 4.74 Å². The van der Waals surface area contributed by atoms with Crippen molar-refractivity contribution in [2.24, 2.45) is 0 Å². The van der Waals surface area contributed by atoms with Crippen LogP contribution in [0.15, 0.2) is 36.9 Å². The molecule has 2 rings (SSSR count). The molecule has 0 bridgehead atoms. The summed E-state index contributed by atoms with van der Waals surface area (Å²) in [6.45, 7) is 8.38. The predicted octanol–water partition coefficient (Wildman–Crippen LogP) is 2.68. The SMILES string of the molecule is C=CCC(C)(C(=O)c1ccc(F)cc1)N1CCOCC1. The first-order chi connectivity index (χ1) is 9.58. The number of nitrogens with zero attached hydrogens (tertiary/aromatic N) is 1. The lowest BCUT2D eigenvalue weighted by atomic mass is 9.85. The molecule has 1 atom stereocenters. The third kappa shape index (κ3) is 2.97. The molecule has 1 aromatic rings. The van der Waals surface area contributed by atoms with Crippen molar-refractivity contribution in [3.8, 4) is 0 Å². The summed E-state index contributed by atoms with van der Waals surface area (Å²) >= 11 is 0. The maximum absolute atomic E-state index is 13.0. The zero-order valence-electron chi connectivity index (χ0n) is 11.8. The van der Waals surface area contributed by atoms with Gasteiger partial charge < -0.3 is 4.74 Å². The summed E-state index contributed by atoms with van der Waals surface area (Å²) in [5.41, 5.74) is -0.120. The van der Waals surface area contributed by atoms with Crippen molar-refractivity contribution in [2.45, 2.75) is 18.9 Å². The van der Waals surface area contributed by atoms with E-state index in [0.717, 1.165) is 13.1 Å². The summed E-state index contributed by atoms with van der Waals surface area (Å²) in [5, 5.41) is 0. The number of ketones is 1. The van der Waals surface area contributed by atoms with Crippen LogP contribution in [0.1, 0.15) is 23.7 Å². The van der Waals surface area contributed by atoms with Gasteiger partial charge in [-0.1, -0.05) is 6.08 Å². The van der Waals surface area contributed by atoms with E-state index in [9.17, 15) is 9.18 Å². The second-order valence-corrected chi connectivity index (χ2v) is 5.20. The van der Waals surface area contributed by atoms with E-state index in [1.54, 1.807) is 18.2 Å². The second-order valence-electron chi connectivity index (χ2n) is 5.20. The first-order valence-electron chi connectivity index (χ1n) is 6.82. The smallest absolute Gasteiger partial charge is 0.183 e. The highest BCUT2D eigenvalue weighted by molar-refractivity contribution is 6.03. The summed E-state index contributed by atoms with van der Waals surface area (Å²) in [7, 11) is 0. The van der Waals surface area contributed by atoms with Crippen molar-refractivity contribution in [3.05, 3.63) is 48.3 Å². The quantitative estimate of drug-likeness (QED) is 0.612. The summed E-state index contributed by atoms with van der Waals surface area (Å²) < 4.78 is 18.3. The van der Waals surface area contributed by atoms with Gasteiger partial charge in [-0.2, -0.15) is 0 Å². The molecule has 1 aliphatic heterocycles. The standard InChI is InChI=1S/C16H20FNO2/c1-3-8-16(2,18-9-11-20-12-10-18)15(19)13-4-6-14(17)7-5-13/h3-7H,1,8-12H2,2H3. The molecule has 0 aromatic heterocycles. The predicted molar refractivity (Wildman–Crippen MR) is 76.3 cm³/mol. The molecule has 0 amide bonds. The Kier molecular flexibility index (Phi) is 4.68. The first-order valence-corrected chi connectivity index (χ1v) is 6.82. The van der Waals surface area contributed by atoms with Crippen LogP contribution in [0.25, 0.3) is 0 Å². The van der Waals surface area contributed by atoms with Crippen LogP contribution < -0.4 is 0 Å². The third-order valence-corrected chi connectivity index (χ3v) is 3.85. The van der Waals surface area contributed by atoms with Gasteiger partial charge in [0, 0.05) is 18.7 Å². The monoisotopic (exact) mass is 277 g/mol. The van der Waals surface area contributed by atoms with Gasteiger partial charge in [-0.25, -0.2) is 4.39 Å². The molecule has 0 spiro atoms. The summed E-state index contributed by atoms with van der Waals surface area (Å²) in [6, 6.07) is 5.72. The number of benzene rings is 1. The molecule has 0 saturated carbocycles. The molecule has 1 heterocycles. The van der Waals surface area contributed by atoms with E-state index in [0.29, 0.717) is 25.2 Å². The molecular weight excluding hydrogens is 257 g/mol. The number of Topliss-reactive ketones (excluding diaryl/α,β-unsaturated/α-hetero) is 1. The largest absolute Gasteiger partial charge is 0.379 e. The Morgan fingerprint density at radius 3 is 2.55 bits per heavy atom. The van der Waals surface area contributed by atoms with Crippen molar-refractivity contribution in [1.29, 1.82) is 0 Å². The van der Waals surface area contributed by atoms with E-state index in [2.05, 4.69) is 11.5 Å². The minimum absolute atomic E-state index is 0.000648. The Labute approximate surface area is 119 Å². The third-order valence-electron chi connectivity index (χ3n) is 3.85. The first kappa shape index (κ1) is 14.9. The highest BCUT2D eigenvalue weighted by Gasteiger charge is 2.39. The number of carbonyl (C=O) groups excluding carboxylic acids is 1. The molecule has 1 unspecified atom stereocenters. The fourth-order valence-electron chi connectivity index (χ4n) is 2.62. The van der Waals surface area contributed by atoms with E-state index in [1.165, 1.54) is 12.1 Å². The Bertz CT molecular complexity index is 480. The van der Waals surface area contributed by atoms with Crippen LogP contribution in [0.4, 0.5) is 4.39 Å². The number of ether oxygens (including phenoxy) is 1. The Morgan fingerprint density at radius 2 is 2.00 bits per heavy atom. The van der Waals surface area contributed by atoms with Gasteiger partial charge in [0.1, 0.15) is 5.82 Å². The molecule has 20 heavy (non-hydrogen) atoms. The van der Waals surface area contributed by atoms with Crippen molar-refractivity contribution in [2.75, 3.05) is 26.3 Å². The van der Waals surface area contributed by atoms with Crippen LogP contribution in [-0.4, -0.2) is 42.5 Å². The lowest BCUT2D eigenvalue weighted by molar-refractivity contribution is -0.00871. The molecular formula is C16H20FNO2. The van der Waals surface area contributed by atoms with Gasteiger partial charge in [0.2, 0.25) is 0 Å².